The Morgan fingerprint density at radius 2 is 1.88 bits per heavy atom. The first-order valence-corrected chi connectivity index (χ1v) is 9.64. The Hall–Kier alpha value is -1.43. The van der Waals surface area contributed by atoms with E-state index in [4.69, 9.17) is 10.5 Å². The molecule has 144 valence electrons. The fraction of sp³-hybridized carbons (Fsp3) is 0.667. The van der Waals surface area contributed by atoms with E-state index in [0.29, 0.717) is 5.56 Å². The Morgan fingerprint density at radius 3 is 2.42 bits per heavy atom. The summed E-state index contributed by atoms with van der Waals surface area (Å²) in [6.45, 7) is 9.35. The van der Waals surface area contributed by atoms with Gasteiger partial charge in [-0.05, 0) is 36.0 Å². The van der Waals surface area contributed by atoms with Gasteiger partial charge in [0.2, 0.25) is 5.91 Å². The standard InChI is InChI=1S/C21H32N2O3/c1-20(2,3)18-12-17(24)13-21(26-18)8-10-23(11-9-21)14-15-4-6-16(7-5-15)19(22)25/h4-7,17-18,24H,8-14H2,1-3H3,(H2,22,25)/t17-,18-/m1/s1. The summed E-state index contributed by atoms with van der Waals surface area (Å²) in [5.74, 6) is -0.391. The van der Waals surface area contributed by atoms with Gasteiger partial charge in [-0.3, -0.25) is 9.69 Å². The van der Waals surface area contributed by atoms with Gasteiger partial charge in [-0.1, -0.05) is 32.9 Å². The molecule has 0 bridgehead atoms. The Morgan fingerprint density at radius 1 is 1.27 bits per heavy atom. The van der Waals surface area contributed by atoms with Crippen molar-refractivity contribution in [1.29, 1.82) is 0 Å². The molecule has 5 heteroatoms. The van der Waals surface area contributed by atoms with Gasteiger partial charge in [0, 0.05) is 38.0 Å². The van der Waals surface area contributed by atoms with E-state index in [2.05, 4.69) is 25.7 Å². The summed E-state index contributed by atoms with van der Waals surface area (Å²) in [6, 6.07) is 7.53. The Bertz CT molecular complexity index is 628. The molecule has 1 aromatic carbocycles. The maximum atomic E-state index is 11.2. The van der Waals surface area contributed by atoms with Crippen LogP contribution < -0.4 is 5.73 Å². The summed E-state index contributed by atoms with van der Waals surface area (Å²) in [4.78, 5) is 13.6. The molecule has 2 heterocycles. The van der Waals surface area contributed by atoms with Crippen LogP contribution in [0.1, 0.15) is 62.4 Å². The number of nitrogens with two attached hydrogens (primary N) is 1. The molecule has 0 unspecified atom stereocenters. The minimum Gasteiger partial charge on any atom is -0.393 e. The third-order valence-electron chi connectivity index (χ3n) is 5.86. The lowest BCUT2D eigenvalue weighted by Gasteiger charge is -2.50. The highest BCUT2D eigenvalue weighted by atomic mass is 16.5. The first kappa shape index (κ1) is 19.3. The summed E-state index contributed by atoms with van der Waals surface area (Å²) >= 11 is 0. The maximum absolute atomic E-state index is 11.2. The Balaban J connectivity index is 1.58. The Labute approximate surface area is 156 Å². The van der Waals surface area contributed by atoms with Crippen molar-refractivity contribution in [3.05, 3.63) is 35.4 Å². The summed E-state index contributed by atoms with van der Waals surface area (Å²) < 4.78 is 6.55. The van der Waals surface area contributed by atoms with Gasteiger partial charge >= 0.3 is 0 Å². The van der Waals surface area contributed by atoms with Gasteiger partial charge in [-0.2, -0.15) is 0 Å². The van der Waals surface area contributed by atoms with Crippen LogP contribution in [0.4, 0.5) is 0 Å². The fourth-order valence-electron chi connectivity index (χ4n) is 4.16. The van der Waals surface area contributed by atoms with Crippen LogP contribution in [0, 0.1) is 5.41 Å². The van der Waals surface area contributed by atoms with E-state index in [1.165, 1.54) is 5.56 Å². The van der Waals surface area contributed by atoms with Crippen molar-refractivity contribution >= 4 is 5.91 Å². The fourth-order valence-corrected chi connectivity index (χ4v) is 4.16. The highest BCUT2D eigenvalue weighted by Gasteiger charge is 2.46. The number of likely N-dealkylation sites (tertiary alicyclic amines) is 1. The molecular formula is C21H32N2O3. The number of benzene rings is 1. The number of aliphatic hydroxyl groups is 1. The van der Waals surface area contributed by atoms with Crippen molar-refractivity contribution in [2.24, 2.45) is 11.1 Å². The predicted octanol–water partition coefficient (Wildman–Crippen LogP) is 2.71. The molecule has 3 rings (SSSR count). The number of nitrogens with zero attached hydrogens (tertiary/aromatic N) is 1. The van der Waals surface area contributed by atoms with Crippen LogP contribution in [-0.4, -0.2) is 46.8 Å². The molecule has 2 saturated heterocycles. The molecule has 1 spiro atoms. The topological polar surface area (TPSA) is 75.8 Å². The summed E-state index contributed by atoms with van der Waals surface area (Å²) in [6.07, 6.45) is 3.24. The van der Waals surface area contributed by atoms with Gasteiger partial charge in [0.25, 0.3) is 0 Å². The quantitative estimate of drug-likeness (QED) is 0.869. The average Bonchev–Trinajstić information content (AvgIpc) is 2.56. The molecule has 1 aromatic rings. The number of aliphatic hydroxyl groups excluding tert-OH is 1. The molecule has 2 fully saturated rings. The minimum absolute atomic E-state index is 0.0493. The number of carbonyl (C=O) groups is 1. The SMILES string of the molecule is CC(C)(C)[C@H]1C[C@@H](O)CC2(CCN(Cc3ccc(C(N)=O)cc3)CC2)O1. The van der Waals surface area contributed by atoms with Gasteiger partial charge in [0.1, 0.15) is 0 Å². The number of ether oxygens (including phenoxy) is 1. The number of hydrogen-bond acceptors (Lipinski definition) is 4. The Kier molecular flexibility index (Phi) is 5.42. The van der Waals surface area contributed by atoms with Gasteiger partial charge in [0.05, 0.1) is 17.8 Å². The van der Waals surface area contributed by atoms with Crippen LogP contribution in [0.3, 0.4) is 0 Å². The largest absolute Gasteiger partial charge is 0.393 e. The molecule has 1 amide bonds. The van der Waals surface area contributed by atoms with Crippen molar-refractivity contribution in [3.8, 4) is 0 Å². The molecule has 0 aromatic heterocycles. The van der Waals surface area contributed by atoms with Crippen LogP contribution in [0.25, 0.3) is 0 Å². The normalized spacial score (nSPS) is 26.8. The average molecular weight is 360 g/mol. The number of carbonyl (C=O) groups excluding carboxylic acids is 1. The number of hydrogen-bond donors (Lipinski definition) is 2. The van der Waals surface area contributed by atoms with Crippen LogP contribution in [0.15, 0.2) is 24.3 Å². The number of piperidine rings is 1. The van der Waals surface area contributed by atoms with Crippen LogP contribution in [0.2, 0.25) is 0 Å². The summed E-state index contributed by atoms with van der Waals surface area (Å²) in [5.41, 5.74) is 6.90. The molecule has 0 saturated carbocycles. The third-order valence-corrected chi connectivity index (χ3v) is 5.86. The second kappa shape index (κ2) is 7.29. The smallest absolute Gasteiger partial charge is 0.248 e. The molecule has 3 N–H and O–H groups in total. The number of amides is 1. The van der Waals surface area contributed by atoms with Crippen molar-refractivity contribution in [2.75, 3.05) is 13.1 Å². The molecule has 2 aliphatic rings. The van der Waals surface area contributed by atoms with E-state index in [0.717, 1.165) is 45.3 Å². The molecule has 5 nitrogen and oxygen atoms in total. The monoisotopic (exact) mass is 360 g/mol. The lowest BCUT2D eigenvalue weighted by Crippen LogP contribution is -2.55. The second-order valence-electron chi connectivity index (χ2n) is 9.09. The molecule has 26 heavy (non-hydrogen) atoms. The van der Waals surface area contributed by atoms with E-state index < -0.39 is 5.91 Å². The lowest BCUT2D eigenvalue weighted by atomic mass is 9.76. The molecule has 0 aliphatic carbocycles. The van der Waals surface area contributed by atoms with Crippen molar-refractivity contribution in [2.45, 2.75) is 70.8 Å². The number of rotatable bonds is 3. The highest BCUT2D eigenvalue weighted by molar-refractivity contribution is 5.92. The minimum atomic E-state index is -0.391. The van der Waals surface area contributed by atoms with E-state index in [1.807, 2.05) is 12.1 Å². The zero-order valence-electron chi connectivity index (χ0n) is 16.2. The third kappa shape index (κ3) is 4.45. The molecule has 0 radical (unpaired) electrons. The van der Waals surface area contributed by atoms with E-state index in [1.54, 1.807) is 12.1 Å². The van der Waals surface area contributed by atoms with Crippen molar-refractivity contribution in [1.82, 2.24) is 4.90 Å². The van der Waals surface area contributed by atoms with Crippen LogP contribution in [-0.2, 0) is 11.3 Å². The first-order valence-electron chi connectivity index (χ1n) is 9.64. The lowest BCUT2D eigenvalue weighted by molar-refractivity contribution is -0.207. The van der Waals surface area contributed by atoms with E-state index in [-0.39, 0.29) is 23.2 Å². The predicted molar refractivity (Wildman–Crippen MR) is 102 cm³/mol. The maximum Gasteiger partial charge on any atom is 0.248 e. The molecular weight excluding hydrogens is 328 g/mol. The van der Waals surface area contributed by atoms with Crippen molar-refractivity contribution < 1.29 is 14.6 Å². The summed E-state index contributed by atoms with van der Waals surface area (Å²) in [7, 11) is 0. The van der Waals surface area contributed by atoms with Crippen molar-refractivity contribution in [3.63, 3.8) is 0 Å². The van der Waals surface area contributed by atoms with Gasteiger partial charge in [-0.25, -0.2) is 0 Å². The van der Waals surface area contributed by atoms with E-state index in [9.17, 15) is 9.90 Å². The van der Waals surface area contributed by atoms with Crippen LogP contribution in [0.5, 0.6) is 0 Å². The van der Waals surface area contributed by atoms with Crippen LogP contribution >= 0.6 is 0 Å². The summed E-state index contributed by atoms with van der Waals surface area (Å²) in [5, 5.41) is 10.4. The second-order valence-corrected chi connectivity index (χ2v) is 9.09. The first-order chi connectivity index (χ1) is 12.2. The zero-order valence-corrected chi connectivity index (χ0v) is 16.2. The number of primary amides is 1. The van der Waals surface area contributed by atoms with Gasteiger partial charge in [0.15, 0.2) is 0 Å². The molecule has 2 atom stereocenters. The van der Waals surface area contributed by atoms with E-state index >= 15 is 0 Å². The van der Waals surface area contributed by atoms with Gasteiger partial charge in [-0.15, -0.1) is 0 Å². The highest BCUT2D eigenvalue weighted by Crippen LogP contribution is 2.42. The molecule has 2 aliphatic heterocycles. The zero-order chi connectivity index (χ0) is 18.9. The van der Waals surface area contributed by atoms with Gasteiger partial charge < -0.3 is 15.6 Å².